The molecule has 1 saturated carbocycles. The van der Waals surface area contributed by atoms with E-state index in [0.29, 0.717) is 34.9 Å². The predicted octanol–water partition coefficient (Wildman–Crippen LogP) is 7.16. The summed E-state index contributed by atoms with van der Waals surface area (Å²) in [6, 6.07) is 16.9. The van der Waals surface area contributed by atoms with E-state index in [4.69, 9.17) is 14.1 Å². The Morgan fingerprint density at radius 2 is 1.90 bits per heavy atom. The molecule has 258 valence electrons. The normalized spacial score (nSPS) is 19.1. The number of pyridine rings is 1. The van der Waals surface area contributed by atoms with Crippen molar-refractivity contribution >= 4 is 39.9 Å². The lowest BCUT2D eigenvalue weighted by molar-refractivity contribution is 0.0394. The van der Waals surface area contributed by atoms with Gasteiger partial charge in [0.05, 0.1) is 24.0 Å². The molecule has 2 atom stereocenters. The number of likely N-dealkylation sites (tertiary alicyclic amines) is 1. The van der Waals surface area contributed by atoms with Crippen LogP contribution < -0.4 is 10.6 Å². The van der Waals surface area contributed by atoms with E-state index < -0.39 is 23.9 Å². The molecule has 1 saturated heterocycles. The second kappa shape index (κ2) is 12.0. The molecule has 2 aliphatic heterocycles. The van der Waals surface area contributed by atoms with E-state index in [-0.39, 0.29) is 31.3 Å². The van der Waals surface area contributed by atoms with Crippen molar-refractivity contribution in [1.82, 2.24) is 25.1 Å². The van der Waals surface area contributed by atoms with Crippen LogP contribution in [0.1, 0.15) is 71.9 Å². The summed E-state index contributed by atoms with van der Waals surface area (Å²) in [5, 5.41) is 7.48. The standard InChI is InChI=1S/C39H40FN5O5/c1-21-29-11-9-25(37(47)44-19-27(40)16-28(20-44)42-38(48)50-39(2,3)4)15-33(29)49-34(21)32-14-24-10-12-31(43-35(24)45(32)18-22-5-6-22)23-7-8-26-17-41-36(46)30(26)13-23/h7-15,22,27-28H,5-6,16-20H2,1-4H3,(H,41,46)(H,42,48)/t27-,28-/m1/s1. The van der Waals surface area contributed by atoms with Gasteiger partial charge in [-0.25, -0.2) is 14.2 Å². The monoisotopic (exact) mass is 677 g/mol. The first-order valence-corrected chi connectivity index (χ1v) is 17.3. The number of halogens is 1. The van der Waals surface area contributed by atoms with Crippen molar-refractivity contribution in [3.05, 3.63) is 76.9 Å². The van der Waals surface area contributed by atoms with Crippen molar-refractivity contribution in [3.63, 3.8) is 0 Å². The first-order chi connectivity index (χ1) is 23.9. The van der Waals surface area contributed by atoms with Crippen LogP contribution >= 0.6 is 0 Å². The number of alkyl carbamates (subject to hydrolysis) is 1. The van der Waals surface area contributed by atoms with Crippen LogP contribution in [0.25, 0.3) is 44.7 Å². The van der Waals surface area contributed by atoms with Gasteiger partial charge < -0.3 is 29.3 Å². The zero-order valence-electron chi connectivity index (χ0n) is 28.6. The maximum atomic E-state index is 14.8. The van der Waals surface area contributed by atoms with Gasteiger partial charge in [-0.2, -0.15) is 0 Å². The molecule has 0 unspecified atom stereocenters. The van der Waals surface area contributed by atoms with E-state index in [2.05, 4.69) is 27.3 Å². The number of benzene rings is 2. The maximum Gasteiger partial charge on any atom is 0.407 e. The Morgan fingerprint density at radius 3 is 2.68 bits per heavy atom. The van der Waals surface area contributed by atoms with Crippen molar-refractivity contribution in [3.8, 4) is 22.7 Å². The fourth-order valence-corrected chi connectivity index (χ4v) is 7.16. The number of aromatic nitrogens is 2. The molecule has 0 radical (unpaired) electrons. The number of furan rings is 1. The maximum absolute atomic E-state index is 14.8. The summed E-state index contributed by atoms with van der Waals surface area (Å²) < 4.78 is 28.9. The molecule has 10 nitrogen and oxygen atoms in total. The number of nitrogens with zero attached hydrogens (tertiary/aromatic N) is 3. The smallest absolute Gasteiger partial charge is 0.407 e. The Labute approximate surface area is 289 Å². The second-order valence-corrected chi connectivity index (χ2v) is 14.9. The van der Waals surface area contributed by atoms with Gasteiger partial charge in [0, 0.05) is 59.1 Å². The summed E-state index contributed by atoms with van der Waals surface area (Å²) in [5.41, 5.74) is 6.35. The summed E-state index contributed by atoms with van der Waals surface area (Å²) in [6.45, 7) is 8.77. The third kappa shape index (κ3) is 6.09. The molecule has 2 fully saturated rings. The van der Waals surface area contributed by atoms with Crippen LogP contribution in [0.4, 0.5) is 9.18 Å². The molecule has 5 aromatic rings. The third-order valence-electron chi connectivity index (χ3n) is 9.80. The van der Waals surface area contributed by atoms with Gasteiger partial charge in [-0.3, -0.25) is 9.59 Å². The molecule has 8 rings (SSSR count). The number of hydrogen-bond acceptors (Lipinski definition) is 6. The molecule has 2 N–H and O–H groups in total. The zero-order valence-corrected chi connectivity index (χ0v) is 28.6. The Morgan fingerprint density at radius 1 is 1.08 bits per heavy atom. The summed E-state index contributed by atoms with van der Waals surface area (Å²) in [7, 11) is 0. The average molecular weight is 678 g/mol. The first kappa shape index (κ1) is 32.0. The molecule has 1 aliphatic carbocycles. The van der Waals surface area contributed by atoms with Crippen molar-refractivity contribution in [2.45, 2.75) is 77.9 Å². The fourth-order valence-electron chi connectivity index (χ4n) is 7.16. The largest absolute Gasteiger partial charge is 0.454 e. The number of carbonyl (C=O) groups is 3. The number of fused-ring (bicyclic) bond motifs is 3. The van der Waals surface area contributed by atoms with Crippen LogP contribution in [0.5, 0.6) is 0 Å². The number of alkyl halides is 1. The topological polar surface area (TPSA) is 119 Å². The van der Waals surface area contributed by atoms with Gasteiger partial charge in [0.1, 0.15) is 23.0 Å². The number of carbonyl (C=O) groups excluding carboxylic acids is 3. The number of aryl methyl sites for hydroxylation is 1. The average Bonchev–Trinajstić information content (AvgIpc) is 3.60. The highest BCUT2D eigenvalue weighted by molar-refractivity contribution is 6.00. The van der Waals surface area contributed by atoms with E-state index in [1.54, 1.807) is 32.9 Å². The summed E-state index contributed by atoms with van der Waals surface area (Å²) in [5.74, 6) is 0.881. The molecule has 11 heteroatoms. The van der Waals surface area contributed by atoms with E-state index in [1.807, 2.05) is 37.3 Å². The molecular weight excluding hydrogens is 637 g/mol. The summed E-state index contributed by atoms with van der Waals surface area (Å²) in [4.78, 5) is 44.9. The minimum Gasteiger partial charge on any atom is -0.454 e. The van der Waals surface area contributed by atoms with Crippen molar-refractivity contribution in [2.75, 3.05) is 13.1 Å². The summed E-state index contributed by atoms with van der Waals surface area (Å²) in [6.07, 6.45) is 0.519. The van der Waals surface area contributed by atoms with Crippen LogP contribution in [0, 0.1) is 12.8 Å². The highest BCUT2D eigenvalue weighted by Gasteiger charge is 2.33. The Bertz CT molecular complexity index is 2190. The van der Waals surface area contributed by atoms with Gasteiger partial charge in [-0.05, 0) is 88.4 Å². The van der Waals surface area contributed by atoms with Gasteiger partial charge >= 0.3 is 6.09 Å². The molecule has 3 amide bonds. The van der Waals surface area contributed by atoms with Gasteiger partial charge in [0.2, 0.25) is 0 Å². The van der Waals surface area contributed by atoms with Crippen LogP contribution in [0.2, 0.25) is 0 Å². The zero-order chi connectivity index (χ0) is 34.9. The molecule has 3 aliphatic rings. The SMILES string of the molecule is Cc1c(-c2cc3ccc(-c4ccc5c(c4)C(=O)NC5)nc3n2CC2CC2)oc2cc(C(=O)N3C[C@H](F)C[C@@H](NC(=O)OC(C)(C)C)C3)ccc12. The molecule has 50 heavy (non-hydrogen) atoms. The lowest BCUT2D eigenvalue weighted by atomic mass is 10.0. The van der Waals surface area contributed by atoms with Gasteiger partial charge in [0.25, 0.3) is 11.8 Å². The lowest BCUT2D eigenvalue weighted by Crippen LogP contribution is -2.54. The van der Waals surface area contributed by atoms with Gasteiger partial charge in [0.15, 0.2) is 5.76 Å². The van der Waals surface area contributed by atoms with Crippen LogP contribution in [-0.4, -0.2) is 63.3 Å². The number of piperidine rings is 1. The highest BCUT2D eigenvalue weighted by atomic mass is 19.1. The van der Waals surface area contributed by atoms with E-state index in [0.717, 1.165) is 63.9 Å². The molecular formula is C39H40FN5O5. The van der Waals surface area contributed by atoms with E-state index in [9.17, 15) is 18.8 Å². The highest BCUT2D eigenvalue weighted by Crippen LogP contribution is 2.40. The third-order valence-corrected chi connectivity index (χ3v) is 9.80. The summed E-state index contributed by atoms with van der Waals surface area (Å²) >= 11 is 0. The van der Waals surface area contributed by atoms with Crippen molar-refractivity contribution in [2.24, 2.45) is 5.92 Å². The van der Waals surface area contributed by atoms with Crippen molar-refractivity contribution in [1.29, 1.82) is 0 Å². The van der Waals surface area contributed by atoms with E-state index in [1.165, 1.54) is 4.90 Å². The quantitative estimate of drug-likeness (QED) is 0.197. The van der Waals surface area contributed by atoms with Gasteiger partial charge in [-0.1, -0.05) is 18.2 Å². The van der Waals surface area contributed by atoms with Crippen LogP contribution in [0.3, 0.4) is 0 Å². The molecule has 0 spiro atoms. The number of nitrogens with one attached hydrogen (secondary N) is 2. The number of amides is 3. The molecule has 2 aromatic carbocycles. The van der Waals surface area contributed by atoms with E-state index >= 15 is 0 Å². The minimum absolute atomic E-state index is 0.0548. The Hall–Kier alpha value is -5.19. The number of ether oxygens (including phenoxy) is 1. The fraction of sp³-hybridized carbons (Fsp3) is 0.385. The number of rotatable bonds is 6. The molecule has 5 heterocycles. The molecule has 3 aromatic heterocycles. The van der Waals surface area contributed by atoms with Crippen LogP contribution in [0.15, 0.2) is 59.0 Å². The Balaban J connectivity index is 1.10. The molecule has 0 bridgehead atoms. The Kier molecular flexibility index (Phi) is 7.69. The number of hydrogen-bond donors (Lipinski definition) is 2. The second-order valence-electron chi connectivity index (χ2n) is 14.9. The minimum atomic E-state index is -1.28. The first-order valence-electron chi connectivity index (χ1n) is 17.3. The van der Waals surface area contributed by atoms with Crippen LogP contribution in [-0.2, 0) is 17.8 Å². The predicted molar refractivity (Wildman–Crippen MR) is 188 cm³/mol. The van der Waals surface area contributed by atoms with Gasteiger partial charge in [-0.15, -0.1) is 0 Å². The lowest BCUT2D eigenvalue weighted by Gasteiger charge is -2.35. The van der Waals surface area contributed by atoms with Crippen molar-refractivity contribution < 1.29 is 27.9 Å².